The van der Waals surface area contributed by atoms with Crippen LogP contribution in [-0.4, -0.2) is 42.6 Å². The summed E-state index contributed by atoms with van der Waals surface area (Å²) >= 11 is 0. The molecule has 0 radical (unpaired) electrons. The number of nitrogens with two attached hydrogens (primary N) is 1. The molecule has 4 nitrogen and oxygen atoms in total. The van der Waals surface area contributed by atoms with Gasteiger partial charge in [0.25, 0.3) is 0 Å². The van der Waals surface area contributed by atoms with Crippen LogP contribution < -0.4 is 5.73 Å². The first-order chi connectivity index (χ1) is 5.96. The number of hydrogen-bond donors (Lipinski definition) is 1. The third-order valence-corrected chi connectivity index (χ3v) is 2.46. The molecule has 0 aromatic rings. The Morgan fingerprint density at radius 2 is 2.31 bits per heavy atom. The number of carbonyl (C=O) groups is 1. The van der Waals surface area contributed by atoms with E-state index in [1.165, 1.54) is 0 Å². The average molecular weight is 186 g/mol. The molecule has 1 atom stereocenters. The van der Waals surface area contributed by atoms with E-state index in [-0.39, 0.29) is 17.6 Å². The van der Waals surface area contributed by atoms with Crippen molar-refractivity contribution in [2.24, 2.45) is 5.73 Å². The fourth-order valence-corrected chi connectivity index (χ4v) is 1.44. The number of nitrogens with zero attached hydrogens (tertiary/aromatic N) is 1. The topological polar surface area (TPSA) is 55.6 Å². The zero-order valence-electron chi connectivity index (χ0n) is 8.54. The summed E-state index contributed by atoms with van der Waals surface area (Å²) in [5.74, 6) is 0.0464. The molecular formula is C9H18N2O2. The van der Waals surface area contributed by atoms with Crippen molar-refractivity contribution < 1.29 is 9.53 Å². The van der Waals surface area contributed by atoms with Crippen LogP contribution >= 0.6 is 0 Å². The van der Waals surface area contributed by atoms with Gasteiger partial charge >= 0.3 is 0 Å². The van der Waals surface area contributed by atoms with Gasteiger partial charge in [-0.1, -0.05) is 0 Å². The molecule has 1 unspecified atom stereocenters. The molecule has 4 heteroatoms. The second-order valence-electron chi connectivity index (χ2n) is 4.12. The maximum absolute atomic E-state index is 11.4. The first-order valence-corrected chi connectivity index (χ1v) is 4.56. The Bertz CT molecular complexity index is 204. The second kappa shape index (κ2) is 3.64. The van der Waals surface area contributed by atoms with E-state index in [0.717, 1.165) is 13.0 Å². The van der Waals surface area contributed by atoms with Crippen LogP contribution in [0.2, 0.25) is 0 Å². The maximum Gasteiger partial charge on any atom is 0.239 e. The molecule has 1 aliphatic heterocycles. The highest BCUT2D eigenvalue weighted by Gasteiger charge is 2.32. The van der Waals surface area contributed by atoms with Crippen LogP contribution in [0.15, 0.2) is 0 Å². The SMILES string of the molecule is COC(C)(C)CN1CCC(N)C1=O. The molecule has 1 heterocycles. The molecule has 1 saturated heterocycles. The summed E-state index contributed by atoms with van der Waals surface area (Å²) in [6.07, 6.45) is 0.763. The van der Waals surface area contributed by atoms with Crippen molar-refractivity contribution in [1.82, 2.24) is 4.90 Å². The molecule has 2 N–H and O–H groups in total. The monoisotopic (exact) mass is 186 g/mol. The fourth-order valence-electron chi connectivity index (χ4n) is 1.44. The minimum absolute atomic E-state index is 0.0464. The Kier molecular flexibility index (Phi) is 2.93. The number of amides is 1. The molecule has 1 amide bonds. The molecular weight excluding hydrogens is 168 g/mol. The smallest absolute Gasteiger partial charge is 0.239 e. The third-order valence-electron chi connectivity index (χ3n) is 2.46. The van der Waals surface area contributed by atoms with Crippen LogP contribution in [0.1, 0.15) is 20.3 Å². The van der Waals surface area contributed by atoms with Gasteiger partial charge in [-0.05, 0) is 20.3 Å². The number of hydrogen-bond acceptors (Lipinski definition) is 3. The lowest BCUT2D eigenvalue weighted by atomic mass is 10.1. The highest BCUT2D eigenvalue weighted by Crippen LogP contribution is 2.15. The van der Waals surface area contributed by atoms with Gasteiger partial charge in [-0.2, -0.15) is 0 Å². The quantitative estimate of drug-likeness (QED) is 0.673. The van der Waals surface area contributed by atoms with Crippen molar-refractivity contribution in [2.45, 2.75) is 31.9 Å². The van der Waals surface area contributed by atoms with Crippen molar-refractivity contribution in [3.8, 4) is 0 Å². The largest absolute Gasteiger partial charge is 0.377 e. The van der Waals surface area contributed by atoms with E-state index in [1.807, 2.05) is 13.8 Å². The van der Waals surface area contributed by atoms with Gasteiger partial charge in [0.2, 0.25) is 5.91 Å². The molecule has 0 bridgehead atoms. The van der Waals surface area contributed by atoms with Crippen LogP contribution in [0, 0.1) is 0 Å². The van der Waals surface area contributed by atoms with E-state index in [4.69, 9.17) is 10.5 Å². The first-order valence-electron chi connectivity index (χ1n) is 4.56. The van der Waals surface area contributed by atoms with E-state index < -0.39 is 0 Å². The Morgan fingerprint density at radius 1 is 1.69 bits per heavy atom. The van der Waals surface area contributed by atoms with Crippen molar-refractivity contribution in [1.29, 1.82) is 0 Å². The standard InChI is InChI=1S/C9H18N2O2/c1-9(2,13-3)6-11-5-4-7(10)8(11)12/h7H,4-6,10H2,1-3H3. The highest BCUT2D eigenvalue weighted by molar-refractivity contribution is 5.83. The molecule has 76 valence electrons. The van der Waals surface area contributed by atoms with Gasteiger partial charge < -0.3 is 15.4 Å². The molecule has 0 aromatic carbocycles. The van der Waals surface area contributed by atoms with Crippen LogP contribution in [-0.2, 0) is 9.53 Å². The summed E-state index contributed by atoms with van der Waals surface area (Å²) in [6, 6.07) is -0.298. The zero-order chi connectivity index (χ0) is 10.1. The molecule has 1 aliphatic rings. The number of methoxy groups -OCH3 is 1. The minimum atomic E-state index is -0.298. The lowest BCUT2D eigenvalue weighted by Crippen LogP contribution is -2.43. The lowest BCUT2D eigenvalue weighted by Gasteiger charge is -2.28. The van der Waals surface area contributed by atoms with Crippen LogP contribution in [0.5, 0.6) is 0 Å². The van der Waals surface area contributed by atoms with E-state index in [0.29, 0.717) is 6.54 Å². The van der Waals surface area contributed by atoms with Gasteiger partial charge in [0.05, 0.1) is 11.6 Å². The van der Waals surface area contributed by atoms with E-state index in [1.54, 1.807) is 12.0 Å². The molecule has 0 spiro atoms. The van der Waals surface area contributed by atoms with Gasteiger partial charge in [0.1, 0.15) is 0 Å². The van der Waals surface area contributed by atoms with Gasteiger partial charge in [-0.15, -0.1) is 0 Å². The van der Waals surface area contributed by atoms with Crippen LogP contribution in [0.25, 0.3) is 0 Å². The van der Waals surface area contributed by atoms with Crippen molar-refractivity contribution in [2.75, 3.05) is 20.2 Å². The van der Waals surface area contributed by atoms with Gasteiger partial charge in [-0.3, -0.25) is 4.79 Å². The Hall–Kier alpha value is -0.610. The number of rotatable bonds is 3. The maximum atomic E-state index is 11.4. The van der Waals surface area contributed by atoms with Gasteiger partial charge in [0, 0.05) is 20.2 Å². The van der Waals surface area contributed by atoms with E-state index in [9.17, 15) is 4.79 Å². The summed E-state index contributed by atoms with van der Waals surface area (Å²) in [4.78, 5) is 13.2. The molecule has 1 rings (SSSR count). The van der Waals surface area contributed by atoms with Crippen molar-refractivity contribution in [3.63, 3.8) is 0 Å². The molecule has 0 aliphatic carbocycles. The first kappa shape index (κ1) is 10.5. The summed E-state index contributed by atoms with van der Waals surface area (Å²) in [7, 11) is 1.65. The summed E-state index contributed by atoms with van der Waals surface area (Å²) in [5, 5.41) is 0. The van der Waals surface area contributed by atoms with Gasteiger partial charge in [0.15, 0.2) is 0 Å². The van der Waals surface area contributed by atoms with Crippen LogP contribution in [0.4, 0.5) is 0 Å². The normalized spacial score (nSPS) is 24.2. The predicted octanol–water partition coefficient (Wildman–Crippen LogP) is -0.0290. The second-order valence-corrected chi connectivity index (χ2v) is 4.12. The van der Waals surface area contributed by atoms with Crippen molar-refractivity contribution in [3.05, 3.63) is 0 Å². The summed E-state index contributed by atoms with van der Waals surface area (Å²) in [5.41, 5.74) is 5.32. The Morgan fingerprint density at radius 3 is 2.69 bits per heavy atom. The van der Waals surface area contributed by atoms with E-state index in [2.05, 4.69) is 0 Å². The predicted molar refractivity (Wildman–Crippen MR) is 50.3 cm³/mol. The average Bonchev–Trinajstić information content (AvgIpc) is 2.36. The summed E-state index contributed by atoms with van der Waals surface area (Å²) in [6.45, 7) is 5.30. The molecule has 13 heavy (non-hydrogen) atoms. The number of ether oxygens (including phenoxy) is 1. The fraction of sp³-hybridized carbons (Fsp3) is 0.889. The van der Waals surface area contributed by atoms with Gasteiger partial charge in [-0.25, -0.2) is 0 Å². The third kappa shape index (κ3) is 2.42. The van der Waals surface area contributed by atoms with E-state index >= 15 is 0 Å². The summed E-state index contributed by atoms with van der Waals surface area (Å²) < 4.78 is 5.25. The number of likely N-dealkylation sites (tertiary alicyclic amines) is 1. The Labute approximate surface area is 79.0 Å². The molecule has 0 aromatic heterocycles. The van der Waals surface area contributed by atoms with Crippen LogP contribution in [0.3, 0.4) is 0 Å². The van der Waals surface area contributed by atoms with Crippen molar-refractivity contribution >= 4 is 5.91 Å². The zero-order valence-corrected chi connectivity index (χ0v) is 8.54. The number of carbonyl (C=O) groups excluding carboxylic acids is 1. The molecule has 1 fully saturated rings. The molecule has 0 saturated carbocycles. The minimum Gasteiger partial charge on any atom is -0.377 e. The highest BCUT2D eigenvalue weighted by atomic mass is 16.5. The lowest BCUT2D eigenvalue weighted by molar-refractivity contribution is -0.131. The Balaban J connectivity index is 2.51.